The highest BCUT2D eigenvalue weighted by Gasteiger charge is 2.38. The number of hydrogen-bond donors (Lipinski definition) is 2. The number of nitrogens with zero attached hydrogens (tertiary/aromatic N) is 1. The van der Waals surface area contributed by atoms with E-state index in [4.69, 9.17) is 0 Å². The van der Waals surface area contributed by atoms with E-state index in [1.807, 2.05) is 0 Å². The van der Waals surface area contributed by atoms with Crippen molar-refractivity contribution in [1.29, 1.82) is 0 Å². The number of alkyl halides is 3. The molecule has 2 amide bonds. The van der Waals surface area contributed by atoms with Crippen molar-refractivity contribution in [2.45, 2.75) is 6.30 Å². The number of halogens is 3. The number of para-hydroxylation sites is 1. The summed E-state index contributed by atoms with van der Waals surface area (Å²) in [4.78, 5) is 10.4. The number of primary amides is 1. The number of carbonyl (C=O) groups is 1. The highest BCUT2D eigenvalue weighted by Crippen LogP contribution is 2.25. The van der Waals surface area contributed by atoms with Crippen LogP contribution in [0.4, 0.5) is 23.7 Å². The van der Waals surface area contributed by atoms with Crippen LogP contribution in [-0.4, -0.2) is 12.3 Å². The highest BCUT2D eigenvalue weighted by molar-refractivity contribution is 5.74. The van der Waals surface area contributed by atoms with Gasteiger partial charge in [-0.05, 0) is 12.1 Å². The Morgan fingerprint density at radius 3 is 2.20 bits per heavy atom. The molecule has 0 spiro atoms. The van der Waals surface area contributed by atoms with Crippen LogP contribution in [0.1, 0.15) is 0 Å². The van der Waals surface area contributed by atoms with E-state index in [0.717, 1.165) is 0 Å². The Morgan fingerprint density at radius 2 is 1.80 bits per heavy atom. The summed E-state index contributed by atoms with van der Waals surface area (Å²) in [6.45, 7) is 0. The van der Waals surface area contributed by atoms with E-state index in [1.54, 1.807) is 6.07 Å². The molecule has 0 aromatic heterocycles. The van der Waals surface area contributed by atoms with E-state index in [-0.39, 0.29) is 10.7 Å². The third-order valence-electron chi connectivity index (χ3n) is 1.49. The van der Waals surface area contributed by atoms with Crippen LogP contribution in [0.5, 0.6) is 0 Å². The Balaban J connectivity index is 2.97. The van der Waals surface area contributed by atoms with E-state index in [2.05, 4.69) is 5.73 Å². The SMILES string of the molecule is NC(=O)NN(c1ccccc1)C(F)(F)F. The lowest BCUT2D eigenvalue weighted by molar-refractivity contribution is -0.134. The van der Waals surface area contributed by atoms with Gasteiger partial charge in [-0.3, -0.25) is 0 Å². The average Bonchev–Trinajstić information content (AvgIpc) is 2.14. The Hall–Kier alpha value is -1.92. The number of nitrogens with one attached hydrogen (secondary N) is 1. The molecule has 0 saturated heterocycles. The molecule has 15 heavy (non-hydrogen) atoms. The van der Waals surface area contributed by atoms with E-state index in [0.29, 0.717) is 0 Å². The van der Waals surface area contributed by atoms with Crippen molar-refractivity contribution in [3.63, 3.8) is 0 Å². The fourth-order valence-electron chi connectivity index (χ4n) is 0.962. The van der Waals surface area contributed by atoms with Crippen LogP contribution in [-0.2, 0) is 0 Å². The van der Waals surface area contributed by atoms with Gasteiger partial charge in [0, 0.05) is 0 Å². The topological polar surface area (TPSA) is 58.4 Å². The number of anilines is 1. The number of carbonyl (C=O) groups excluding carboxylic acids is 1. The van der Waals surface area contributed by atoms with Gasteiger partial charge in [-0.2, -0.15) is 5.01 Å². The summed E-state index contributed by atoms with van der Waals surface area (Å²) < 4.78 is 37.3. The third kappa shape index (κ3) is 3.04. The summed E-state index contributed by atoms with van der Waals surface area (Å²) in [5.74, 6) is 0. The van der Waals surface area contributed by atoms with Gasteiger partial charge in [0.15, 0.2) is 0 Å². The smallest absolute Gasteiger partial charge is 0.350 e. The minimum Gasteiger partial charge on any atom is -0.350 e. The van der Waals surface area contributed by atoms with Gasteiger partial charge in [0.1, 0.15) is 0 Å². The second-order valence-electron chi connectivity index (χ2n) is 2.61. The van der Waals surface area contributed by atoms with Gasteiger partial charge < -0.3 is 5.73 Å². The second-order valence-corrected chi connectivity index (χ2v) is 2.61. The fraction of sp³-hybridized carbons (Fsp3) is 0.125. The maximum Gasteiger partial charge on any atom is 0.503 e. The first-order chi connectivity index (χ1) is 6.91. The minimum absolute atomic E-state index is 0.219. The lowest BCUT2D eigenvalue weighted by Gasteiger charge is -2.25. The molecule has 0 saturated carbocycles. The van der Waals surface area contributed by atoms with Crippen LogP contribution in [0.25, 0.3) is 0 Å². The lowest BCUT2D eigenvalue weighted by Crippen LogP contribution is -2.52. The molecule has 0 atom stereocenters. The molecule has 1 aromatic rings. The number of hydrogen-bond acceptors (Lipinski definition) is 2. The molecular formula is C8H8F3N3O. The Kier molecular flexibility index (Phi) is 3.03. The zero-order valence-corrected chi connectivity index (χ0v) is 7.45. The van der Waals surface area contributed by atoms with Crippen LogP contribution >= 0.6 is 0 Å². The number of benzene rings is 1. The van der Waals surface area contributed by atoms with Crippen LogP contribution in [0.3, 0.4) is 0 Å². The predicted molar refractivity (Wildman–Crippen MR) is 47.7 cm³/mol. The standard InChI is InChI=1S/C8H8F3N3O/c9-8(10,11)14(13-7(12)15)6-4-2-1-3-5-6/h1-5H,(H3,12,13,15). The van der Waals surface area contributed by atoms with Gasteiger partial charge in [-0.25, -0.2) is 10.2 Å². The van der Waals surface area contributed by atoms with Crippen molar-refractivity contribution >= 4 is 11.7 Å². The van der Waals surface area contributed by atoms with E-state index in [1.165, 1.54) is 29.7 Å². The zero-order valence-electron chi connectivity index (χ0n) is 7.45. The molecule has 1 rings (SSSR count). The number of urea groups is 1. The van der Waals surface area contributed by atoms with E-state index in [9.17, 15) is 18.0 Å². The van der Waals surface area contributed by atoms with Gasteiger partial charge in [-0.15, -0.1) is 13.2 Å². The van der Waals surface area contributed by atoms with E-state index >= 15 is 0 Å². The summed E-state index contributed by atoms with van der Waals surface area (Å²) in [7, 11) is 0. The van der Waals surface area contributed by atoms with Crippen molar-refractivity contribution in [1.82, 2.24) is 5.43 Å². The van der Waals surface area contributed by atoms with Gasteiger partial charge in [0.05, 0.1) is 5.69 Å². The molecule has 4 nitrogen and oxygen atoms in total. The van der Waals surface area contributed by atoms with Crippen LogP contribution in [0, 0.1) is 0 Å². The number of nitrogens with two attached hydrogens (primary N) is 1. The number of hydrazine groups is 1. The van der Waals surface area contributed by atoms with Crippen molar-refractivity contribution < 1.29 is 18.0 Å². The van der Waals surface area contributed by atoms with Gasteiger partial charge in [-0.1, -0.05) is 18.2 Å². The van der Waals surface area contributed by atoms with Gasteiger partial charge in [0.25, 0.3) is 0 Å². The lowest BCUT2D eigenvalue weighted by atomic mass is 10.3. The first kappa shape index (κ1) is 11.2. The largest absolute Gasteiger partial charge is 0.503 e. The molecule has 3 N–H and O–H groups in total. The monoisotopic (exact) mass is 219 g/mol. The van der Waals surface area contributed by atoms with Gasteiger partial charge in [0.2, 0.25) is 0 Å². The number of rotatable bonds is 2. The van der Waals surface area contributed by atoms with Crippen LogP contribution < -0.4 is 16.2 Å². The normalized spacial score (nSPS) is 10.9. The maximum atomic E-state index is 12.4. The quantitative estimate of drug-likeness (QED) is 0.586. The Labute approximate surface area is 83.4 Å². The summed E-state index contributed by atoms with van der Waals surface area (Å²) in [5.41, 5.74) is 5.90. The van der Waals surface area contributed by atoms with Crippen LogP contribution in [0.2, 0.25) is 0 Å². The summed E-state index contributed by atoms with van der Waals surface area (Å²) in [6, 6.07) is 5.50. The minimum atomic E-state index is -4.73. The van der Waals surface area contributed by atoms with E-state index < -0.39 is 12.3 Å². The molecule has 0 bridgehead atoms. The molecule has 0 heterocycles. The molecule has 0 fully saturated rings. The Bertz CT molecular complexity index is 339. The first-order valence-electron chi connectivity index (χ1n) is 3.89. The zero-order chi connectivity index (χ0) is 11.5. The van der Waals surface area contributed by atoms with Crippen molar-refractivity contribution in [3.8, 4) is 0 Å². The highest BCUT2D eigenvalue weighted by atomic mass is 19.4. The molecule has 0 unspecified atom stereocenters. The molecule has 7 heteroatoms. The summed E-state index contributed by atoms with van der Waals surface area (Å²) in [6.07, 6.45) is -4.73. The molecule has 82 valence electrons. The number of amides is 2. The van der Waals surface area contributed by atoms with Crippen molar-refractivity contribution in [2.24, 2.45) is 5.73 Å². The van der Waals surface area contributed by atoms with Crippen molar-refractivity contribution in [2.75, 3.05) is 5.01 Å². The Morgan fingerprint density at radius 1 is 1.27 bits per heavy atom. The third-order valence-corrected chi connectivity index (χ3v) is 1.49. The average molecular weight is 219 g/mol. The van der Waals surface area contributed by atoms with Crippen molar-refractivity contribution in [3.05, 3.63) is 30.3 Å². The predicted octanol–water partition coefficient (Wildman–Crippen LogP) is 1.60. The molecule has 0 aliphatic rings. The molecule has 0 radical (unpaired) electrons. The summed E-state index contributed by atoms with van der Waals surface area (Å²) in [5, 5.41) is -0.255. The fourth-order valence-corrected chi connectivity index (χ4v) is 0.962. The first-order valence-corrected chi connectivity index (χ1v) is 3.89. The molecule has 0 aliphatic heterocycles. The molecule has 0 aliphatic carbocycles. The second kappa shape index (κ2) is 4.07. The van der Waals surface area contributed by atoms with Crippen LogP contribution in [0.15, 0.2) is 30.3 Å². The summed E-state index contributed by atoms with van der Waals surface area (Å²) >= 11 is 0. The van der Waals surface area contributed by atoms with Gasteiger partial charge >= 0.3 is 12.3 Å². The maximum absolute atomic E-state index is 12.4. The molecular weight excluding hydrogens is 211 g/mol. The molecule has 1 aromatic carbocycles.